The largest absolute Gasteiger partial charge is 0.481 e. The van der Waals surface area contributed by atoms with Crippen LogP contribution in [-0.4, -0.2) is 33.8 Å². The molecule has 0 aromatic carbocycles. The Hall–Kier alpha value is -1.39. The van der Waals surface area contributed by atoms with Gasteiger partial charge in [0, 0.05) is 18.9 Å². The van der Waals surface area contributed by atoms with Crippen molar-refractivity contribution in [1.82, 2.24) is 4.90 Å². The Kier molecular flexibility index (Phi) is 5.51. The van der Waals surface area contributed by atoms with E-state index in [1.54, 1.807) is 6.92 Å². The summed E-state index contributed by atoms with van der Waals surface area (Å²) in [5.41, 5.74) is 0. The van der Waals surface area contributed by atoms with E-state index in [0.29, 0.717) is 32.1 Å². The number of hydrogen-bond acceptors (Lipinski definition) is 3. The first kappa shape index (κ1) is 15.7. The highest BCUT2D eigenvalue weighted by atomic mass is 16.4. The lowest BCUT2D eigenvalue weighted by Gasteiger charge is -2.33. The summed E-state index contributed by atoms with van der Waals surface area (Å²) in [4.78, 5) is 35.8. The molecule has 1 heterocycles. The first-order valence-electron chi connectivity index (χ1n) is 6.90. The van der Waals surface area contributed by atoms with Crippen molar-refractivity contribution in [1.29, 1.82) is 0 Å². The SMILES string of the molecule is CC1CC(=O)N(C(C)CCCC(C)C(=O)O)C(=O)C1. The lowest BCUT2D eigenvalue weighted by molar-refractivity contribution is -0.152. The van der Waals surface area contributed by atoms with Crippen LogP contribution in [-0.2, 0) is 14.4 Å². The average molecular weight is 269 g/mol. The maximum atomic E-state index is 11.9. The van der Waals surface area contributed by atoms with Crippen LogP contribution in [0.2, 0.25) is 0 Å². The first-order chi connectivity index (χ1) is 8.82. The number of likely N-dealkylation sites (tertiary alicyclic amines) is 1. The number of carbonyl (C=O) groups is 3. The third kappa shape index (κ3) is 4.33. The fourth-order valence-corrected chi connectivity index (χ4v) is 2.47. The normalized spacial score (nSPS) is 20.5. The van der Waals surface area contributed by atoms with Gasteiger partial charge in [0.15, 0.2) is 0 Å². The third-order valence-electron chi connectivity index (χ3n) is 3.70. The molecule has 0 aromatic heterocycles. The van der Waals surface area contributed by atoms with Gasteiger partial charge in [0.05, 0.1) is 5.92 Å². The van der Waals surface area contributed by atoms with Gasteiger partial charge in [-0.3, -0.25) is 19.3 Å². The van der Waals surface area contributed by atoms with Crippen molar-refractivity contribution in [3.63, 3.8) is 0 Å². The van der Waals surface area contributed by atoms with Gasteiger partial charge in [0.2, 0.25) is 11.8 Å². The van der Waals surface area contributed by atoms with Crippen molar-refractivity contribution in [3.05, 3.63) is 0 Å². The second-order valence-corrected chi connectivity index (χ2v) is 5.69. The molecule has 1 aliphatic heterocycles. The van der Waals surface area contributed by atoms with Crippen molar-refractivity contribution >= 4 is 17.8 Å². The van der Waals surface area contributed by atoms with E-state index >= 15 is 0 Å². The Morgan fingerprint density at radius 2 is 1.79 bits per heavy atom. The molecule has 0 bridgehead atoms. The summed E-state index contributed by atoms with van der Waals surface area (Å²) in [6.07, 6.45) is 2.82. The molecule has 2 atom stereocenters. The number of carbonyl (C=O) groups excluding carboxylic acids is 2. The van der Waals surface area contributed by atoms with Crippen LogP contribution in [0.25, 0.3) is 0 Å². The van der Waals surface area contributed by atoms with Gasteiger partial charge in [-0.1, -0.05) is 20.3 Å². The van der Waals surface area contributed by atoms with Crippen LogP contribution in [0.15, 0.2) is 0 Å². The number of carboxylic acids is 1. The Balaban J connectivity index is 2.44. The Morgan fingerprint density at radius 1 is 1.26 bits per heavy atom. The zero-order valence-electron chi connectivity index (χ0n) is 11.9. The maximum absolute atomic E-state index is 11.9. The Morgan fingerprint density at radius 3 is 2.26 bits per heavy atom. The number of hydrogen-bond donors (Lipinski definition) is 1. The number of piperidine rings is 1. The summed E-state index contributed by atoms with van der Waals surface area (Å²) in [6, 6.07) is -0.131. The average Bonchev–Trinajstić information content (AvgIpc) is 2.26. The van der Waals surface area contributed by atoms with E-state index in [9.17, 15) is 14.4 Å². The predicted molar refractivity (Wildman–Crippen MR) is 70.4 cm³/mol. The molecule has 0 spiro atoms. The van der Waals surface area contributed by atoms with E-state index < -0.39 is 5.97 Å². The molecule has 19 heavy (non-hydrogen) atoms. The van der Waals surface area contributed by atoms with Crippen molar-refractivity contribution in [2.45, 2.75) is 58.9 Å². The van der Waals surface area contributed by atoms with Crippen molar-refractivity contribution in [2.75, 3.05) is 0 Å². The predicted octanol–water partition coefficient (Wildman–Crippen LogP) is 2.05. The molecule has 5 heteroatoms. The Labute approximate surface area is 114 Å². The molecule has 2 amide bonds. The molecule has 1 saturated heterocycles. The van der Waals surface area contributed by atoms with Gasteiger partial charge >= 0.3 is 5.97 Å². The minimum absolute atomic E-state index is 0.0949. The molecule has 2 unspecified atom stereocenters. The van der Waals surface area contributed by atoms with Crippen LogP contribution in [0.3, 0.4) is 0 Å². The molecule has 0 saturated carbocycles. The number of rotatable bonds is 6. The van der Waals surface area contributed by atoms with E-state index in [1.807, 2.05) is 13.8 Å². The topological polar surface area (TPSA) is 74.7 Å². The molecule has 1 rings (SSSR count). The second kappa shape index (κ2) is 6.68. The minimum atomic E-state index is -0.799. The number of imide groups is 1. The van der Waals surface area contributed by atoms with E-state index in [0.717, 1.165) is 0 Å². The Bertz CT molecular complexity index is 348. The van der Waals surface area contributed by atoms with Gasteiger partial charge < -0.3 is 5.11 Å². The summed E-state index contributed by atoms with van der Waals surface area (Å²) in [6.45, 7) is 5.44. The number of aliphatic carboxylic acids is 1. The molecule has 1 aliphatic rings. The van der Waals surface area contributed by atoms with Crippen LogP contribution < -0.4 is 0 Å². The fourth-order valence-electron chi connectivity index (χ4n) is 2.47. The molecular formula is C14H23NO4. The van der Waals surface area contributed by atoms with E-state index in [-0.39, 0.29) is 29.7 Å². The minimum Gasteiger partial charge on any atom is -0.481 e. The molecular weight excluding hydrogens is 246 g/mol. The molecule has 0 aromatic rings. The van der Waals surface area contributed by atoms with E-state index in [4.69, 9.17) is 5.11 Å². The highest BCUT2D eigenvalue weighted by Crippen LogP contribution is 2.23. The highest BCUT2D eigenvalue weighted by molar-refractivity contribution is 5.98. The summed E-state index contributed by atoms with van der Waals surface area (Å²) >= 11 is 0. The molecule has 0 radical (unpaired) electrons. The zero-order valence-corrected chi connectivity index (χ0v) is 11.9. The summed E-state index contributed by atoms with van der Waals surface area (Å²) in [7, 11) is 0. The van der Waals surface area contributed by atoms with Crippen LogP contribution in [0.4, 0.5) is 0 Å². The summed E-state index contributed by atoms with van der Waals surface area (Å²) in [5.74, 6) is -1.23. The van der Waals surface area contributed by atoms with Crippen LogP contribution >= 0.6 is 0 Å². The third-order valence-corrected chi connectivity index (χ3v) is 3.70. The quantitative estimate of drug-likeness (QED) is 0.749. The molecule has 1 N–H and O–H groups in total. The van der Waals surface area contributed by atoms with Crippen molar-refractivity contribution < 1.29 is 19.5 Å². The smallest absolute Gasteiger partial charge is 0.306 e. The number of nitrogens with zero attached hydrogens (tertiary/aromatic N) is 1. The zero-order chi connectivity index (χ0) is 14.6. The van der Waals surface area contributed by atoms with E-state index in [2.05, 4.69) is 0 Å². The number of amides is 2. The van der Waals surface area contributed by atoms with Gasteiger partial charge in [-0.2, -0.15) is 0 Å². The number of carboxylic acid groups (broad SMARTS) is 1. The summed E-state index contributed by atoms with van der Waals surface area (Å²) in [5, 5.41) is 8.79. The molecule has 108 valence electrons. The highest BCUT2D eigenvalue weighted by Gasteiger charge is 2.33. The van der Waals surface area contributed by atoms with Gasteiger partial charge in [0.25, 0.3) is 0 Å². The van der Waals surface area contributed by atoms with Gasteiger partial charge in [-0.15, -0.1) is 0 Å². The van der Waals surface area contributed by atoms with Crippen LogP contribution in [0.1, 0.15) is 52.9 Å². The fraction of sp³-hybridized carbons (Fsp3) is 0.786. The molecule has 5 nitrogen and oxygen atoms in total. The first-order valence-corrected chi connectivity index (χ1v) is 6.90. The van der Waals surface area contributed by atoms with Crippen LogP contribution in [0.5, 0.6) is 0 Å². The molecule has 1 fully saturated rings. The second-order valence-electron chi connectivity index (χ2n) is 5.69. The summed E-state index contributed by atoms with van der Waals surface area (Å²) < 4.78 is 0. The van der Waals surface area contributed by atoms with Crippen molar-refractivity contribution in [2.24, 2.45) is 11.8 Å². The van der Waals surface area contributed by atoms with Gasteiger partial charge in [0.1, 0.15) is 0 Å². The molecule has 0 aliphatic carbocycles. The lowest BCUT2D eigenvalue weighted by Crippen LogP contribution is -2.47. The van der Waals surface area contributed by atoms with E-state index in [1.165, 1.54) is 4.90 Å². The lowest BCUT2D eigenvalue weighted by atomic mass is 9.95. The monoisotopic (exact) mass is 269 g/mol. The van der Waals surface area contributed by atoms with Crippen LogP contribution in [0, 0.1) is 11.8 Å². The van der Waals surface area contributed by atoms with Crippen molar-refractivity contribution in [3.8, 4) is 0 Å². The maximum Gasteiger partial charge on any atom is 0.306 e. The van der Waals surface area contributed by atoms with Gasteiger partial charge in [-0.05, 0) is 25.7 Å². The standard InChI is InChI=1S/C14H23NO4/c1-9-7-12(16)15(13(17)8-9)11(3)6-4-5-10(2)14(18)19/h9-11H,4-8H2,1-3H3,(H,18,19). The van der Waals surface area contributed by atoms with Gasteiger partial charge in [-0.25, -0.2) is 0 Å².